The van der Waals surface area contributed by atoms with Crippen molar-refractivity contribution in [3.05, 3.63) is 29.8 Å². The number of Topliss-reactive ketones (excluding diaryl/α,β-unsaturated/α-hetero) is 1. The average molecular weight is 221 g/mol. The Balaban J connectivity index is 2.49. The van der Waals surface area contributed by atoms with Crippen molar-refractivity contribution in [3.63, 3.8) is 0 Å². The summed E-state index contributed by atoms with van der Waals surface area (Å²) < 4.78 is 4.99. The Morgan fingerprint density at radius 2 is 1.81 bits per heavy atom. The molecule has 0 unspecified atom stereocenters. The van der Waals surface area contributed by atoms with Crippen molar-refractivity contribution in [1.82, 2.24) is 0 Å². The fourth-order valence-corrected chi connectivity index (χ4v) is 1.34. The van der Waals surface area contributed by atoms with E-state index in [-0.39, 0.29) is 18.1 Å². The number of primary amides is 1. The summed E-state index contributed by atoms with van der Waals surface area (Å²) in [5, 5.41) is 0. The zero-order valence-corrected chi connectivity index (χ0v) is 9.23. The molecule has 0 atom stereocenters. The quantitative estimate of drug-likeness (QED) is 0.740. The van der Waals surface area contributed by atoms with Gasteiger partial charge in [0.2, 0.25) is 5.91 Å². The summed E-state index contributed by atoms with van der Waals surface area (Å²) in [7, 11) is 1.57. The molecule has 86 valence electrons. The molecule has 0 aliphatic rings. The lowest BCUT2D eigenvalue weighted by molar-refractivity contribution is -0.118. The Morgan fingerprint density at radius 1 is 1.19 bits per heavy atom. The normalized spacial score (nSPS) is 9.81. The van der Waals surface area contributed by atoms with Gasteiger partial charge in [-0.25, -0.2) is 0 Å². The van der Waals surface area contributed by atoms with Gasteiger partial charge in [-0.3, -0.25) is 9.59 Å². The number of methoxy groups -OCH3 is 1. The Hall–Kier alpha value is -1.84. The summed E-state index contributed by atoms with van der Waals surface area (Å²) in [6, 6.07) is 6.90. The van der Waals surface area contributed by atoms with Crippen LogP contribution in [0.5, 0.6) is 5.75 Å². The van der Waals surface area contributed by atoms with Gasteiger partial charge in [0.1, 0.15) is 5.75 Å². The minimum absolute atomic E-state index is 0.0175. The largest absolute Gasteiger partial charge is 0.497 e. The van der Waals surface area contributed by atoms with Gasteiger partial charge in [0.15, 0.2) is 5.78 Å². The van der Waals surface area contributed by atoms with E-state index in [4.69, 9.17) is 10.5 Å². The molecule has 1 amide bonds. The molecule has 0 saturated heterocycles. The van der Waals surface area contributed by atoms with Crippen LogP contribution in [-0.2, 0) is 4.79 Å². The lowest BCUT2D eigenvalue weighted by atomic mass is 10.1. The fourth-order valence-electron chi connectivity index (χ4n) is 1.34. The van der Waals surface area contributed by atoms with Crippen molar-refractivity contribution in [1.29, 1.82) is 0 Å². The van der Waals surface area contributed by atoms with Crippen molar-refractivity contribution < 1.29 is 14.3 Å². The van der Waals surface area contributed by atoms with Crippen molar-refractivity contribution in [2.24, 2.45) is 5.73 Å². The number of nitrogens with two attached hydrogens (primary N) is 1. The number of carbonyl (C=O) groups excluding carboxylic acids is 2. The first-order valence-corrected chi connectivity index (χ1v) is 5.09. The second-order valence-corrected chi connectivity index (χ2v) is 3.47. The molecule has 0 fully saturated rings. The van der Waals surface area contributed by atoms with Crippen molar-refractivity contribution >= 4 is 11.7 Å². The molecule has 4 heteroatoms. The van der Waals surface area contributed by atoms with Gasteiger partial charge in [-0.05, 0) is 30.7 Å². The molecule has 0 saturated carbocycles. The molecule has 1 rings (SSSR count). The SMILES string of the molecule is COc1ccc(C(=O)CCCC(N)=O)cc1. The average Bonchev–Trinajstić information content (AvgIpc) is 2.28. The van der Waals surface area contributed by atoms with E-state index < -0.39 is 0 Å². The predicted octanol–water partition coefficient (Wildman–Crippen LogP) is 1.53. The minimum Gasteiger partial charge on any atom is -0.497 e. The molecular weight excluding hydrogens is 206 g/mol. The van der Waals surface area contributed by atoms with E-state index in [9.17, 15) is 9.59 Å². The van der Waals surface area contributed by atoms with E-state index in [0.29, 0.717) is 24.2 Å². The van der Waals surface area contributed by atoms with Crippen LogP contribution in [0.2, 0.25) is 0 Å². The first kappa shape index (κ1) is 12.2. The molecular formula is C12H15NO3. The maximum atomic E-state index is 11.6. The van der Waals surface area contributed by atoms with E-state index in [1.54, 1.807) is 31.4 Å². The van der Waals surface area contributed by atoms with Crippen LogP contribution in [0.1, 0.15) is 29.6 Å². The van der Waals surface area contributed by atoms with Crippen molar-refractivity contribution in [3.8, 4) is 5.75 Å². The van der Waals surface area contributed by atoms with Gasteiger partial charge in [0.25, 0.3) is 0 Å². The third kappa shape index (κ3) is 3.73. The second kappa shape index (κ2) is 5.90. The molecule has 0 spiro atoms. The summed E-state index contributed by atoms with van der Waals surface area (Å²) in [4.78, 5) is 22.1. The molecule has 1 aromatic carbocycles. The van der Waals surface area contributed by atoms with E-state index >= 15 is 0 Å². The summed E-state index contributed by atoms with van der Waals surface area (Å²) in [5.74, 6) is 0.361. The molecule has 0 radical (unpaired) electrons. The number of rotatable bonds is 6. The lowest BCUT2D eigenvalue weighted by Crippen LogP contribution is -2.10. The Labute approximate surface area is 94.4 Å². The maximum Gasteiger partial charge on any atom is 0.217 e. The van der Waals surface area contributed by atoms with Crippen LogP contribution in [0.25, 0.3) is 0 Å². The van der Waals surface area contributed by atoms with E-state index in [0.717, 1.165) is 0 Å². The Kier molecular flexibility index (Phi) is 4.51. The third-order valence-electron chi connectivity index (χ3n) is 2.24. The van der Waals surface area contributed by atoms with E-state index in [2.05, 4.69) is 0 Å². The standard InChI is InChI=1S/C12H15NO3/c1-16-10-7-5-9(6-8-10)11(14)3-2-4-12(13)15/h5-8H,2-4H2,1H3,(H2,13,15). The highest BCUT2D eigenvalue weighted by Crippen LogP contribution is 2.13. The first-order valence-electron chi connectivity index (χ1n) is 5.09. The van der Waals surface area contributed by atoms with Crippen molar-refractivity contribution in [2.45, 2.75) is 19.3 Å². The monoisotopic (exact) mass is 221 g/mol. The summed E-state index contributed by atoms with van der Waals surface area (Å²) >= 11 is 0. The molecule has 16 heavy (non-hydrogen) atoms. The molecule has 1 aromatic rings. The fraction of sp³-hybridized carbons (Fsp3) is 0.333. The van der Waals surface area contributed by atoms with Crippen LogP contribution in [0, 0.1) is 0 Å². The van der Waals surface area contributed by atoms with Crippen LogP contribution in [0.3, 0.4) is 0 Å². The molecule has 0 aliphatic carbocycles. The van der Waals surface area contributed by atoms with E-state index in [1.807, 2.05) is 0 Å². The van der Waals surface area contributed by atoms with Gasteiger partial charge in [-0.2, -0.15) is 0 Å². The molecule has 0 heterocycles. The van der Waals surface area contributed by atoms with Gasteiger partial charge >= 0.3 is 0 Å². The van der Waals surface area contributed by atoms with Crippen LogP contribution < -0.4 is 10.5 Å². The zero-order valence-electron chi connectivity index (χ0n) is 9.23. The lowest BCUT2D eigenvalue weighted by Gasteiger charge is -2.02. The number of ketones is 1. The van der Waals surface area contributed by atoms with Gasteiger partial charge in [-0.15, -0.1) is 0 Å². The van der Waals surface area contributed by atoms with E-state index in [1.165, 1.54) is 0 Å². The second-order valence-electron chi connectivity index (χ2n) is 3.47. The van der Waals surface area contributed by atoms with Crippen molar-refractivity contribution in [2.75, 3.05) is 7.11 Å². The van der Waals surface area contributed by atoms with Crippen LogP contribution in [-0.4, -0.2) is 18.8 Å². The number of hydrogen-bond donors (Lipinski definition) is 1. The highest BCUT2D eigenvalue weighted by molar-refractivity contribution is 5.96. The molecule has 0 aromatic heterocycles. The number of benzene rings is 1. The van der Waals surface area contributed by atoms with Gasteiger partial charge in [0.05, 0.1) is 7.11 Å². The third-order valence-corrected chi connectivity index (χ3v) is 2.24. The minimum atomic E-state index is -0.373. The maximum absolute atomic E-state index is 11.6. The molecule has 2 N–H and O–H groups in total. The number of ether oxygens (including phenoxy) is 1. The van der Waals surface area contributed by atoms with Gasteiger partial charge < -0.3 is 10.5 Å². The summed E-state index contributed by atoms with van der Waals surface area (Å²) in [6.07, 6.45) is 1.09. The van der Waals surface area contributed by atoms with Crippen LogP contribution in [0.15, 0.2) is 24.3 Å². The number of hydrogen-bond acceptors (Lipinski definition) is 3. The summed E-state index contributed by atoms with van der Waals surface area (Å²) in [5.41, 5.74) is 5.62. The zero-order chi connectivity index (χ0) is 12.0. The Bertz CT molecular complexity index is 370. The molecule has 4 nitrogen and oxygen atoms in total. The Morgan fingerprint density at radius 3 is 2.31 bits per heavy atom. The number of amides is 1. The summed E-state index contributed by atoms with van der Waals surface area (Å²) in [6.45, 7) is 0. The first-order chi connectivity index (χ1) is 7.63. The number of carbonyl (C=O) groups is 2. The molecule has 0 bridgehead atoms. The highest BCUT2D eigenvalue weighted by Gasteiger charge is 2.06. The predicted molar refractivity (Wildman–Crippen MR) is 60.4 cm³/mol. The van der Waals surface area contributed by atoms with Crippen LogP contribution in [0.4, 0.5) is 0 Å². The molecule has 0 aliphatic heterocycles. The van der Waals surface area contributed by atoms with Gasteiger partial charge in [-0.1, -0.05) is 0 Å². The van der Waals surface area contributed by atoms with Crippen LogP contribution >= 0.6 is 0 Å². The topological polar surface area (TPSA) is 69.4 Å². The smallest absolute Gasteiger partial charge is 0.217 e. The highest BCUT2D eigenvalue weighted by atomic mass is 16.5. The van der Waals surface area contributed by atoms with Gasteiger partial charge in [0, 0.05) is 18.4 Å².